The number of hydrogen-bond donors (Lipinski definition) is 4. The van der Waals surface area contributed by atoms with Crippen LogP contribution in [0.3, 0.4) is 0 Å². The Morgan fingerprint density at radius 3 is 0.958 bits per heavy atom. The lowest BCUT2D eigenvalue weighted by molar-refractivity contribution is 0.0881. The van der Waals surface area contributed by atoms with Gasteiger partial charge in [0.25, 0.3) is 0 Å². The quantitative estimate of drug-likeness (QED) is 0.237. The van der Waals surface area contributed by atoms with Crippen LogP contribution in [0.4, 0.5) is 0 Å². The van der Waals surface area contributed by atoms with Crippen LogP contribution < -0.4 is 5.73 Å². The van der Waals surface area contributed by atoms with Crippen LogP contribution in [0.5, 0.6) is 0 Å². The summed E-state index contributed by atoms with van der Waals surface area (Å²) in [6.07, 6.45) is 17.4. The zero-order chi connectivity index (χ0) is 19.5. The normalized spacial score (nSPS) is 11.2. The van der Waals surface area contributed by atoms with E-state index in [-0.39, 0.29) is 0 Å². The molecular formula is C17H41NO5S. The van der Waals surface area contributed by atoms with Crippen LogP contribution >= 0.6 is 0 Å². The van der Waals surface area contributed by atoms with Crippen LogP contribution in [0.15, 0.2) is 0 Å². The van der Waals surface area contributed by atoms with E-state index in [0.717, 1.165) is 0 Å². The number of unbranched alkanes of at least 4 members (excludes halogenated alkanes) is 11. The molecule has 24 heavy (non-hydrogen) atoms. The minimum atomic E-state index is -4.67. The van der Waals surface area contributed by atoms with Crippen LogP contribution in [0.1, 0.15) is 105 Å². The van der Waals surface area contributed by atoms with E-state index >= 15 is 0 Å². The molecule has 6 nitrogen and oxygen atoms in total. The van der Waals surface area contributed by atoms with Gasteiger partial charge >= 0.3 is 10.4 Å². The van der Waals surface area contributed by atoms with E-state index in [2.05, 4.69) is 13.8 Å². The third kappa shape index (κ3) is 80.9. The summed E-state index contributed by atoms with van der Waals surface area (Å²) in [6, 6.07) is 0. The summed E-state index contributed by atoms with van der Waals surface area (Å²) in [7, 11) is -4.67. The Balaban J connectivity index is -0.000000361. The molecule has 0 fully saturated rings. The zero-order valence-electron chi connectivity index (χ0n) is 16.1. The maximum atomic E-state index is 8.74. The molecule has 0 rings (SSSR count). The van der Waals surface area contributed by atoms with E-state index in [1.807, 2.05) is 0 Å². The predicted octanol–water partition coefficient (Wildman–Crippen LogP) is 4.73. The van der Waals surface area contributed by atoms with E-state index in [9.17, 15) is 0 Å². The summed E-state index contributed by atoms with van der Waals surface area (Å²) in [5.74, 6) is 0. The lowest BCUT2D eigenvalue weighted by atomic mass is 10.1. The van der Waals surface area contributed by atoms with Crippen molar-refractivity contribution in [3.8, 4) is 0 Å². The zero-order valence-corrected chi connectivity index (χ0v) is 16.9. The molecular weight excluding hydrogens is 330 g/mol. The third-order valence-corrected chi connectivity index (χ3v) is 2.96. The van der Waals surface area contributed by atoms with Gasteiger partial charge in [-0.15, -0.1) is 0 Å². The van der Waals surface area contributed by atoms with Gasteiger partial charge in [-0.25, -0.2) is 0 Å². The van der Waals surface area contributed by atoms with Crippen molar-refractivity contribution >= 4 is 10.4 Å². The van der Waals surface area contributed by atoms with Crippen molar-refractivity contribution in [3.63, 3.8) is 0 Å². The van der Waals surface area contributed by atoms with Gasteiger partial charge in [0.15, 0.2) is 0 Å². The Bertz CT molecular complexity index is 300. The predicted molar refractivity (Wildman–Crippen MR) is 101 cm³/mol. The molecule has 0 aliphatic heterocycles. The average molecular weight is 372 g/mol. The van der Waals surface area contributed by atoms with Gasteiger partial charge in [-0.3, -0.25) is 9.11 Å². The van der Waals surface area contributed by atoms with Crippen molar-refractivity contribution in [2.24, 2.45) is 5.73 Å². The molecule has 0 radical (unpaired) electrons. The summed E-state index contributed by atoms with van der Waals surface area (Å²) in [6.45, 7) is 7.61. The average Bonchev–Trinajstić information content (AvgIpc) is 2.37. The Labute approximate surface area is 149 Å². The van der Waals surface area contributed by atoms with Gasteiger partial charge in [-0.05, 0) is 13.8 Å². The summed E-state index contributed by atoms with van der Waals surface area (Å²) in [5, 5.41) is 8.30. The van der Waals surface area contributed by atoms with E-state index < -0.39 is 16.1 Å². The summed E-state index contributed by atoms with van der Waals surface area (Å²) < 4.78 is 31.6. The number of hydrogen-bond acceptors (Lipinski definition) is 4. The molecule has 0 aromatic rings. The number of rotatable bonds is 11. The first-order valence-electron chi connectivity index (χ1n) is 9.12. The second kappa shape index (κ2) is 19.1. The fourth-order valence-electron chi connectivity index (χ4n) is 1.91. The maximum Gasteiger partial charge on any atom is 0.394 e. The second-order valence-corrected chi connectivity index (χ2v) is 7.53. The largest absolute Gasteiger partial charge is 0.394 e. The van der Waals surface area contributed by atoms with Crippen molar-refractivity contribution in [2.45, 2.75) is 110 Å². The Kier molecular flexibility index (Phi) is 22.8. The highest BCUT2D eigenvalue weighted by atomic mass is 32.3. The minimum Gasteiger partial charge on any atom is -0.377 e. The van der Waals surface area contributed by atoms with Crippen LogP contribution in [-0.2, 0) is 10.4 Å². The SMILES string of the molecule is CC(C)(N)O.CCCCCCCCCCCCCC.O=S(=O)(O)O. The fraction of sp³-hybridized carbons (Fsp3) is 1.00. The maximum absolute atomic E-state index is 8.74. The van der Waals surface area contributed by atoms with Crippen molar-refractivity contribution in [3.05, 3.63) is 0 Å². The molecule has 0 amide bonds. The minimum absolute atomic E-state index is 1.00. The van der Waals surface area contributed by atoms with Gasteiger partial charge in [-0.1, -0.05) is 90.9 Å². The van der Waals surface area contributed by atoms with Gasteiger partial charge in [0.05, 0.1) is 0 Å². The van der Waals surface area contributed by atoms with E-state index in [0.29, 0.717) is 0 Å². The Morgan fingerprint density at radius 1 is 0.708 bits per heavy atom. The van der Waals surface area contributed by atoms with Crippen LogP contribution in [0, 0.1) is 0 Å². The highest BCUT2D eigenvalue weighted by molar-refractivity contribution is 7.79. The lowest BCUT2D eigenvalue weighted by Gasteiger charge is -2.05. The van der Waals surface area contributed by atoms with E-state index in [4.69, 9.17) is 28.4 Å². The highest BCUT2D eigenvalue weighted by Gasteiger charge is 1.98. The first-order chi connectivity index (χ1) is 10.9. The van der Waals surface area contributed by atoms with Gasteiger partial charge < -0.3 is 10.8 Å². The molecule has 0 saturated carbocycles. The topological polar surface area (TPSA) is 121 Å². The number of aliphatic hydroxyl groups is 1. The number of nitrogens with two attached hydrogens (primary N) is 1. The van der Waals surface area contributed by atoms with Crippen molar-refractivity contribution in [2.75, 3.05) is 0 Å². The molecule has 7 heteroatoms. The first-order valence-corrected chi connectivity index (χ1v) is 10.5. The van der Waals surface area contributed by atoms with Crippen LogP contribution in [0.25, 0.3) is 0 Å². The van der Waals surface area contributed by atoms with Gasteiger partial charge in [0, 0.05) is 0 Å². The van der Waals surface area contributed by atoms with Crippen LogP contribution in [-0.4, -0.2) is 28.4 Å². The van der Waals surface area contributed by atoms with Crippen molar-refractivity contribution in [1.82, 2.24) is 0 Å². The molecule has 0 aromatic heterocycles. The monoisotopic (exact) mass is 371 g/mol. The van der Waals surface area contributed by atoms with Crippen molar-refractivity contribution < 1.29 is 22.6 Å². The van der Waals surface area contributed by atoms with Gasteiger partial charge in [0.1, 0.15) is 5.72 Å². The second-order valence-electron chi connectivity index (χ2n) is 6.64. The molecule has 0 spiro atoms. The molecule has 0 atom stereocenters. The van der Waals surface area contributed by atoms with Crippen LogP contribution in [0.2, 0.25) is 0 Å². The van der Waals surface area contributed by atoms with Crippen molar-refractivity contribution in [1.29, 1.82) is 0 Å². The fourth-order valence-corrected chi connectivity index (χ4v) is 1.91. The first kappa shape index (κ1) is 28.6. The molecule has 0 aliphatic rings. The van der Waals surface area contributed by atoms with E-state index in [1.165, 1.54) is 90.9 Å². The summed E-state index contributed by atoms with van der Waals surface area (Å²) in [4.78, 5) is 0. The standard InChI is InChI=1S/C14H30.C3H9NO.H2O4S/c1-3-5-7-9-11-13-14-12-10-8-6-4-2;1-3(2,4)5;1-5(2,3)4/h3-14H2,1-2H3;5H,4H2,1-2H3;(H2,1,2,3,4). The lowest BCUT2D eigenvalue weighted by Crippen LogP contribution is -2.30. The molecule has 0 aliphatic carbocycles. The molecule has 0 saturated heterocycles. The third-order valence-electron chi connectivity index (χ3n) is 2.96. The van der Waals surface area contributed by atoms with Gasteiger partial charge in [0.2, 0.25) is 0 Å². The Hall–Kier alpha value is -0.210. The highest BCUT2D eigenvalue weighted by Crippen LogP contribution is 2.11. The summed E-state index contributed by atoms with van der Waals surface area (Å²) >= 11 is 0. The molecule has 5 N–H and O–H groups in total. The molecule has 150 valence electrons. The molecule has 0 heterocycles. The molecule has 0 aromatic carbocycles. The Morgan fingerprint density at radius 2 is 0.833 bits per heavy atom. The van der Waals surface area contributed by atoms with E-state index in [1.54, 1.807) is 0 Å². The van der Waals surface area contributed by atoms with Gasteiger partial charge in [-0.2, -0.15) is 8.42 Å². The smallest absolute Gasteiger partial charge is 0.377 e. The molecule has 0 bridgehead atoms. The molecule has 0 unspecified atom stereocenters. The summed E-state index contributed by atoms with van der Waals surface area (Å²) in [5.41, 5.74) is 3.91.